The van der Waals surface area contributed by atoms with Gasteiger partial charge < -0.3 is 19.5 Å². The minimum absolute atomic E-state index is 0.115. The van der Waals surface area contributed by atoms with E-state index in [-0.39, 0.29) is 29.9 Å². The van der Waals surface area contributed by atoms with Gasteiger partial charge in [-0.25, -0.2) is 4.39 Å². The molecule has 1 amide bonds. The van der Waals surface area contributed by atoms with Crippen molar-refractivity contribution in [2.75, 3.05) is 72.2 Å². The lowest BCUT2D eigenvalue weighted by Gasteiger charge is -2.37. The SMILES string of the molecule is CC(C)[C@H](O)CN1CCO[C@H](CN(CCN2CCOCC2)C(=O)c2ccc(F)cc2)C1. The van der Waals surface area contributed by atoms with E-state index in [9.17, 15) is 14.3 Å². The molecule has 2 saturated heterocycles. The highest BCUT2D eigenvalue weighted by Gasteiger charge is 2.27. The zero-order valence-corrected chi connectivity index (χ0v) is 18.7. The summed E-state index contributed by atoms with van der Waals surface area (Å²) in [4.78, 5) is 19.5. The average Bonchev–Trinajstić information content (AvgIpc) is 2.77. The molecule has 0 radical (unpaired) electrons. The molecule has 31 heavy (non-hydrogen) atoms. The maximum absolute atomic E-state index is 13.3. The van der Waals surface area contributed by atoms with Gasteiger partial charge in [0.25, 0.3) is 5.91 Å². The number of carbonyl (C=O) groups excluding carboxylic acids is 1. The van der Waals surface area contributed by atoms with E-state index in [1.54, 1.807) is 0 Å². The minimum Gasteiger partial charge on any atom is -0.392 e. The van der Waals surface area contributed by atoms with Crippen molar-refractivity contribution < 1.29 is 23.8 Å². The number of carbonyl (C=O) groups is 1. The first-order chi connectivity index (χ1) is 14.9. The summed E-state index contributed by atoms with van der Waals surface area (Å²) in [7, 11) is 0. The number of amides is 1. The minimum atomic E-state index is -0.378. The van der Waals surface area contributed by atoms with Crippen LogP contribution in [-0.2, 0) is 9.47 Å². The largest absolute Gasteiger partial charge is 0.392 e. The van der Waals surface area contributed by atoms with Crippen molar-refractivity contribution in [2.24, 2.45) is 5.92 Å². The molecule has 0 aromatic heterocycles. The van der Waals surface area contributed by atoms with Crippen LogP contribution < -0.4 is 0 Å². The van der Waals surface area contributed by atoms with Crippen molar-refractivity contribution in [3.63, 3.8) is 0 Å². The summed E-state index contributed by atoms with van der Waals surface area (Å²) in [5.41, 5.74) is 0.478. The Hall–Kier alpha value is -1.58. The summed E-state index contributed by atoms with van der Waals surface area (Å²) < 4.78 is 24.7. The van der Waals surface area contributed by atoms with E-state index in [0.717, 1.165) is 26.2 Å². The van der Waals surface area contributed by atoms with E-state index in [2.05, 4.69) is 9.80 Å². The molecule has 0 saturated carbocycles. The Balaban J connectivity index is 1.63. The standard InChI is InChI=1S/C23H36FN3O4/c1-18(2)22(28)17-26-11-14-31-21(15-26)16-27(8-7-25-9-12-30-13-10-25)23(29)19-3-5-20(24)6-4-19/h3-6,18,21-22,28H,7-17H2,1-2H3/t21-,22+/m0/s1. The number of rotatable bonds is 9. The van der Waals surface area contributed by atoms with E-state index in [1.165, 1.54) is 24.3 Å². The molecule has 3 rings (SSSR count). The summed E-state index contributed by atoms with van der Waals surface area (Å²) >= 11 is 0. The average molecular weight is 438 g/mol. The third-order valence-corrected chi connectivity index (χ3v) is 6.03. The van der Waals surface area contributed by atoms with Gasteiger partial charge in [-0.05, 0) is 30.2 Å². The zero-order chi connectivity index (χ0) is 22.2. The Labute approximate surface area is 184 Å². The highest BCUT2D eigenvalue weighted by molar-refractivity contribution is 5.94. The third-order valence-electron chi connectivity index (χ3n) is 6.03. The van der Waals surface area contributed by atoms with Crippen molar-refractivity contribution in [3.8, 4) is 0 Å². The second-order valence-corrected chi connectivity index (χ2v) is 8.78. The number of ether oxygens (including phenoxy) is 2. The zero-order valence-electron chi connectivity index (χ0n) is 18.7. The molecule has 1 aromatic rings. The first-order valence-electron chi connectivity index (χ1n) is 11.3. The molecule has 0 spiro atoms. The number of halogens is 1. The molecule has 1 N–H and O–H groups in total. The number of benzene rings is 1. The maximum Gasteiger partial charge on any atom is 0.253 e. The molecule has 0 unspecified atom stereocenters. The van der Waals surface area contributed by atoms with Crippen LogP contribution in [0.15, 0.2) is 24.3 Å². The van der Waals surface area contributed by atoms with Gasteiger partial charge in [-0.1, -0.05) is 13.8 Å². The number of aliphatic hydroxyl groups excluding tert-OH is 1. The molecule has 8 heteroatoms. The molecular formula is C23H36FN3O4. The van der Waals surface area contributed by atoms with Gasteiger partial charge in [0.1, 0.15) is 5.82 Å². The van der Waals surface area contributed by atoms with Crippen LogP contribution in [0.25, 0.3) is 0 Å². The fraction of sp³-hybridized carbons (Fsp3) is 0.696. The van der Waals surface area contributed by atoms with Crippen LogP contribution in [0.2, 0.25) is 0 Å². The molecule has 2 fully saturated rings. The summed E-state index contributed by atoms with van der Waals surface area (Å²) in [6.07, 6.45) is -0.501. The molecular weight excluding hydrogens is 401 g/mol. The number of aliphatic hydroxyl groups is 1. The predicted molar refractivity (Wildman–Crippen MR) is 117 cm³/mol. The Morgan fingerprint density at radius 3 is 2.52 bits per heavy atom. The Bertz CT molecular complexity index is 682. The number of morpholine rings is 2. The van der Waals surface area contributed by atoms with Crippen LogP contribution in [0.3, 0.4) is 0 Å². The van der Waals surface area contributed by atoms with Crippen LogP contribution in [0.5, 0.6) is 0 Å². The van der Waals surface area contributed by atoms with Gasteiger partial charge in [-0.2, -0.15) is 0 Å². The molecule has 2 atom stereocenters. The Morgan fingerprint density at radius 2 is 1.84 bits per heavy atom. The molecule has 0 bridgehead atoms. The van der Waals surface area contributed by atoms with Crippen molar-refractivity contribution >= 4 is 5.91 Å². The second-order valence-electron chi connectivity index (χ2n) is 8.78. The molecule has 174 valence electrons. The first-order valence-corrected chi connectivity index (χ1v) is 11.3. The normalized spacial score (nSPS) is 21.9. The summed E-state index contributed by atoms with van der Waals surface area (Å²) in [5, 5.41) is 10.2. The lowest BCUT2D eigenvalue weighted by Crippen LogP contribution is -2.52. The van der Waals surface area contributed by atoms with Crippen LogP contribution in [0.1, 0.15) is 24.2 Å². The molecule has 2 heterocycles. The van der Waals surface area contributed by atoms with Crippen molar-refractivity contribution in [3.05, 3.63) is 35.6 Å². The topological polar surface area (TPSA) is 65.5 Å². The summed E-state index contributed by atoms with van der Waals surface area (Å²) in [6, 6.07) is 5.71. The van der Waals surface area contributed by atoms with E-state index >= 15 is 0 Å². The number of β-amino-alcohol motifs (C(OH)–C–C–N with tert-alkyl or cyclic N) is 1. The summed E-state index contributed by atoms with van der Waals surface area (Å²) in [5.74, 6) is -0.269. The van der Waals surface area contributed by atoms with E-state index in [0.29, 0.717) is 51.6 Å². The van der Waals surface area contributed by atoms with Crippen LogP contribution in [0.4, 0.5) is 4.39 Å². The lowest BCUT2D eigenvalue weighted by atomic mass is 10.1. The predicted octanol–water partition coefficient (Wildman–Crippen LogP) is 1.32. The first kappa shape index (κ1) is 24.1. The van der Waals surface area contributed by atoms with Gasteiger partial charge in [0.15, 0.2) is 0 Å². The van der Waals surface area contributed by atoms with Crippen LogP contribution in [0, 0.1) is 11.7 Å². The third kappa shape index (κ3) is 7.50. The van der Waals surface area contributed by atoms with Gasteiger partial charge in [0, 0.05) is 57.9 Å². The van der Waals surface area contributed by atoms with Crippen molar-refractivity contribution in [2.45, 2.75) is 26.1 Å². The smallest absolute Gasteiger partial charge is 0.253 e. The second kappa shape index (κ2) is 11.9. The Kier molecular flexibility index (Phi) is 9.22. The number of nitrogens with zero attached hydrogens (tertiary/aromatic N) is 3. The monoisotopic (exact) mass is 437 g/mol. The number of hydrogen-bond acceptors (Lipinski definition) is 6. The molecule has 0 aliphatic carbocycles. The van der Waals surface area contributed by atoms with Crippen LogP contribution >= 0.6 is 0 Å². The fourth-order valence-corrected chi connectivity index (χ4v) is 3.92. The highest BCUT2D eigenvalue weighted by Crippen LogP contribution is 2.14. The van der Waals surface area contributed by atoms with Crippen LogP contribution in [-0.4, -0.2) is 110 Å². The number of hydrogen-bond donors (Lipinski definition) is 1. The maximum atomic E-state index is 13.3. The molecule has 1 aromatic carbocycles. The molecule has 7 nitrogen and oxygen atoms in total. The Morgan fingerprint density at radius 1 is 1.16 bits per heavy atom. The quantitative estimate of drug-likeness (QED) is 0.629. The van der Waals surface area contributed by atoms with Crippen molar-refractivity contribution in [1.29, 1.82) is 0 Å². The molecule has 2 aliphatic heterocycles. The van der Waals surface area contributed by atoms with Gasteiger partial charge in [0.05, 0.1) is 32.0 Å². The van der Waals surface area contributed by atoms with Gasteiger partial charge in [-0.15, -0.1) is 0 Å². The molecule has 2 aliphatic rings. The van der Waals surface area contributed by atoms with Gasteiger partial charge in [-0.3, -0.25) is 14.6 Å². The van der Waals surface area contributed by atoms with E-state index in [4.69, 9.17) is 9.47 Å². The highest BCUT2D eigenvalue weighted by atomic mass is 19.1. The lowest BCUT2D eigenvalue weighted by molar-refractivity contribution is -0.0550. The van der Waals surface area contributed by atoms with E-state index in [1.807, 2.05) is 18.7 Å². The van der Waals surface area contributed by atoms with Crippen molar-refractivity contribution in [1.82, 2.24) is 14.7 Å². The van der Waals surface area contributed by atoms with Gasteiger partial charge >= 0.3 is 0 Å². The fourth-order valence-electron chi connectivity index (χ4n) is 3.92. The van der Waals surface area contributed by atoms with E-state index < -0.39 is 0 Å². The summed E-state index contributed by atoms with van der Waals surface area (Å²) in [6.45, 7) is 11.6. The van der Waals surface area contributed by atoms with Gasteiger partial charge in [0.2, 0.25) is 0 Å².